The standard InChI is InChI=1S/C11H16N2O/c1-9-2-5-13-11(6-9)14-8-10-3-4-12-7-10/h2,5-6,10,12H,3-4,7-8H2,1H3/t10-/m1/s1. The first kappa shape index (κ1) is 9.46. The molecule has 0 aromatic carbocycles. The first-order valence-electron chi connectivity index (χ1n) is 5.11. The van der Waals surface area contributed by atoms with Gasteiger partial charge in [-0.1, -0.05) is 0 Å². The van der Waals surface area contributed by atoms with E-state index in [1.165, 1.54) is 12.0 Å². The third kappa shape index (κ3) is 2.45. The molecule has 3 heteroatoms. The zero-order valence-electron chi connectivity index (χ0n) is 8.49. The molecule has 1 N–H and O–H groups in total. The van der Waals surface area contributed by atoms with Crippen LogP contribution in [0.15, 0.2) is 18.3 Å². The molecule has 1 aliphatic rings. The van der Waals surface area contributed by atoms with Crippen LogP contribution in [0.4, 0.5) is 0 Å². The van der Waals surface area contributed by atoms with Gasteiger partial charge in [0.15, 0.2) is 0 Å². The van der Waals surface area contributed by atoms with Crippen LogP contribution in [0.25, 0.3) is 0 Å². The summed E-state index contributed by atoms with van der Waals surface area (Å²) in [6, 6.07) is 3.95. The molecule has 0 aliphatic carbocycles. The first-order chi connectivity index (χ1) is 6.84. The summed E-state index contributed by atoms with van der Waals surface area (Å²) < 4.78 is 5.62. The Morgan fingerprint density at radius 3 is 3.29 bits per heavy atom. The van der Waals surface area contributed by atoms with E-state index in [-0.39, 0.29) is 0 Å². The molecule has 0 spiro atoms. The van der Waals surface area contributed by atoms with Crippen molar-refractivity contribution in [3.63, 3.8) is 0 Å². The van der Waals surface area contributed by atoms with Crippen LogP contribution in [-0.2, 0) is 0 Å². The normalized spacial score (nSPS) is 21.1. The topological polar surface area (TPSA) is 34.1 Å². The van der Waals surface area contributed by atoms with Crippen molar-refractivity contribution in [1.29, 1.82) is 0 Å². The second kappa shape index (κ2) is 4.42. The van der Waals surface area contributed by atoms with Crippen LogP contribution in [0.5, 0.6) is 5.88 Å². The summed E-state index contributed by atoms with van der Waals surface area (Å²) in [6.07, 6.45) is 3.00. The summed E-state index contributed by atoms with van der Waals surface area (Å²) in [5, 5.41) is 3.32. The second-order valence-corrected chi connectivity index (χ2v) is 3.84. The molecule has 2 heterocycles. The van der Waals surface area contributed by atoms with E-state index < -0.39 is 0 Å². The summed E-state index contributed by atoms with van der Waals surface area (Å²) in [5.74, 6) is 1.40. The Balaban J connectivity index is 1.85. The number of nitrogens with zero attached hydrogens (tertiary/aromatic N) is 1. The summed E-state index contributed by atoms with van der Waals surface area (Å²) >= 11 is 0. The number of hydrogen-bond donors (Lipinski definition) is 1. The molecular formula is C11H16N2O. The molecule has 1 aliphatic heterocycles. The Morgan fingerprint density at radius 1 is 1.64 bits per heavy atom. The van der Waals surface area contributed by atoms with E-state index in [4.69, 9.17) is 4.74 Å². The Kier molecular flexibility index (Phi) is 2.99. The van der Waals surface area contributed by atoms with Crippen molar-refractivity contribution in [1.82, 2.24) is 10.3 Å². The van der Waals surface area contributed by atoms with Gasteiger partial charge in [-0.15, -0.1) is 0 Å². The van der Waals surface area contributed by atoms with Crippen LogP contribution >= 0.6 is 0 Å². The maximum Gasteiger partial charge on any atom is 0.213 e. The largest absolute Gasteiger partial charge is 0.477 e. The number of nitrogens with one attached hydrogen (secondary N) is 1. The molecule has 0 unspecified atom stereocenters. The molecule has 0 bridgehead atoms. The fourth-order valence-corrected chi connectivity index (χ4v) is 1.65. The van der Waals surface area contributed by atoms with Crippen LogP contribution < -0.4 is 10.1 Å². The lowest BCUT2D eigenvalue weighted by atomic mass is 10.1. The van der Waals surface area contributed by atoms with Gasteiger partial charge in [-0.3, -0.25) is 0 Å². The maximum atomic E-state index is 5.62. The number of pyridine rings is 1. The number of aromatic nitrogens is 1. The molecule has 1 aromatic rings. The van der Waals surface area contributed by atoms with Crippen molar-refractivity contribution >= 4 is 0 Å². The van der Waals surface area contributed by atoms with Crippen molar-refractivity contribution in [3.05, 3.63) is 23.9 Å². The van der Waals surface area contributed by atoms with Gasteiger partial charge in [0.2, 0.25) is 5.88 Å². The number of rotatable bonds is 3. The molecule has 0 radical (unpaired) electrons. The van der Waals surface area contributed by atoms with Crippen LogP contribution in [0.2, 0.25) is 0 Å². The Morgan fingerprint density at radius 2 is 2.57 bits per heavy atom. The van der Waals surface area contributed by atoms with E-state index in [0.717, 1.165) is 25.6 Å². The number of aryl methyl sites for hydroxylation is 1. The Bertz CT molecular complexity index is 295. The van der Waals surface area contributed by atoms with E-state index in [0.29, 0.717) is 5.92 Å². The summed E-state index contributed by atoms with van der Waals surface area (Å²) in [4.78, 5) is 4.16. The van der Waals surface area contributed by atoms with Gasteiger partial charge in [0, 0.05) is 24.7 Å². The van der Waals surface area contributed by atoms with Gasteiger partial charge in [-0.05, 0) is 31.5 Å². The molecule has 76 valence electrons. The van der Waals surface area contributed by atoms with Crippen molar-refractivity contribution in [2.24, 2.45) is 5.92 Å². The van der Waals surface area contributed by atoms with Gasteiger partial charge in [-0.2, -0.15) is 0 Å². The lowest BCUT2D eigenvalue weighted by Crippen LogP contribution is -2.15. The fraction of sp³-hybridized carbons (Fsp3) is 0.545. The third-order valence-corrected chi connectivity index (χ3v) is 2.52. The predicted octanol–water partition coefficient (Wildman–Crippen LogP) is 1.38. The lowest BCUT2D eigenvalue weighted by Gasteiger charge is -2.09. The van der Waals surface area contributed by atoms with Crippen molar-refractivity contribution in [2.45, 2.75) is 13.3 Å². The van der Waals surface area contributed by atoms with E-state index in [1.54, 1.807) is 6.20 Å². The van der Waals surface area contributed by atoms with E-state index >= 15 is 0 Å². The number of hydrogen-bond acceptors (Lipinski definition) is 3. The van der Waals surface area contributed by atoms with E-state index in [2.05, 4.69) is 10.3 Å². The summed E-state index contributed by atoms with van der Waals surface area (Å²) in [6.45, 7) is 5.02. The highest BCUT2D eigenvalue weighted by molar-refractivity contribution is 5.18. The van der Waals surface area contributed by atoms with Crippen LogP contribution in [0.3, 0.4) is 0 Å². The SMILES string of the molecule is Cc1ccnc(OC[C@@H]2CCNC2)c1. The highest BCUT2D eigenvalue weighted by atomic mass is 16.5. The van der Waals surface area contributed by atoms with Gasteiger partial charge in [0.05, 0.1) is 6.61 Å². The monoisotopic (exact) mass is 192 g/mol. The number of ether oxygens (including phenoxy) is 1. The van der Waals surface area contributed by atoms with Gasteiger partial charge in [0.25, 0.3) is 0 Å². The van der Waals surface area contributed by atoms with E-state index in [1.807, 2.05) is 19.1 Å². The van der Waals surface area contributed by atoms with Crippen LogP contribution in [0, 0.1) is 12.8 Å². The molecule has 2 rings (SSSR count). The molecule has 0 amide bonds. The summed E-state index contributed by atoms with van der Waals surface area (Å²) in [7, 11) is 0. The van der Waals surface area contributed by atoms with Gasteiger partial charge < -0.3 is 10.1 Å². The molecular weight excluding hydrogens is 176 g/mol. The van der Waals surface area contributed by atoms with Crippen LogP contribution in [0.1, 0.15) is 12.0 Å². The quantitative estimate of drug-likeness (QED) is 0.785. The molecule has 0 saturated carbocycles. The van der Waals surface area contributed by atoms with Gasteiger partial charge >= 0.3 is 0 Å². The molecule has 1 aromatic heterocycles. The minimum atomic E-state index is 0.650. The lowest BCUT2D eigenvalue weighted by molar-refractivity contribution is 0.251. The molecule has 1 atom stereocenters. The second-order valence-electron chi connectivity index (χ2n) is 3.84. The Labute approximate surface area is 84.5 Å². The molecule has 1 fully saturated rings. The average Bonchev–Trinajstić information content (AvgIpc) is 2.67. The highest BCUT2D eigenvalue weighted by Crippen LogP contribution is 2.12. The molecule has 1 saturated heterocycles. The zero-order chi connectivity index (χ0) is 9.80. The predicted molar refractivity (Wildman–Crippen MR) is 55.4 cm³/mol. The smallest absolute Gasteiger partial charge is 0.213 e. The van der Waals surface area contributed by atoms with Crippen molar-refractivity contribution in [2.75, 3.05) is 19.7 Å². The van der Waals surface area contributed by atoms with E-state index in [9.17, 15) is 0 Å². The minimum Gasteiger partial charge on any atom is -0.477 e. The fourth-order valence-electron chi connectivity index (χ4n) is 1.65. The van der Waals surface area contributed by atoms with Crippen molar-refractivity contribution in [3.8, 4) is 5.88 Å². The summed E-state index contributed by atoms with van der Waals surface area (Å²) in [5.41, 5.74) is 1.19. The van der Waals surface area contributed by atoms with Gasteiger partial charge in [0.1, 0.15) is 0 Å². The molecule has 3 nitrogen and oxygen atoms in total. The van der Waals surface area contributed by atoms with Gasteiger partial charge in [-0.25, -0.2) is 4.98 Å². The first-order valence-corrected chi connectivity index (χ1v) is 5.11. The minimum absolute atomic E-state index is 0.650. The zero-order valence-corrected chi connectivity index (χ0v) is 8.49. The Hall–Kier alpha value is -1.09. The maximum absolute atomic E-state index is 5.62. The third-order valence-electron chi connectivity index (χ3n) is 2.52. The average molecular weight is 192 g/mol. The van der Waals surface area contributed by atoms with Crippen LogP contribution in [-0.4, -0.2) is 24.7 Å². The van der Waals surface area contributed by atoms with Crippen molar-refractivity contribution < 1.29 is 4.74 Å². The highest BCUT2D eigenvalue weighted by Gasteiger charge is 2.14. The molecule has 14 heavy (non-hydrogen) atoms.